The zero-order chi connectivity index (χ0) is 15.2. The number of hydrogen-bond acceptors (Lipinski definition) is 3. The molecule has 0 aromatic heterocycles. The molecule has 0 amide bonds. The van der Waals surface area contributed by atoms with Crippen molar-refractivity contribution in [3.63, 3.8) is 0 Å². The van der Waals surface area contributed by atoms with Crippen molar-refractivity contribution >= 4 is 11.6 Å². The minimum atomic E-state index is 0.438. The molecule has 4 heteroatoms. The molecular weight excluding hydrogens is 284 g/mol. The first kappa shape index (κ1) is 16.6. The van der Waals surface area contributed by atoms with Gasteiger partial charge < -0.3 is 10.1 Å². The summed E-state index contributed by atoms with van der Waals surface area (Å²) in [5, 5.41) is 4.07. The van der Waals surface area contributed by atoms with E-state index in [1.807, 2.05) is 13.1 Å². The van der Waals surface area contributed by atoms with Crippen molar-refractivity contribution < 1.29 is 4.74 Å². The van der Waals surface area contributed by atoms with Gasteiger partial charge in [0, 0.05) is 6.04 Å². The van der Waals surface area contributed by atoms with E-state index in [0.717, 1.165) is 18.8 Å². The second kappa shape index (κ2) is 8.02. The minimum absolute atomic E-state index is 0.438. The van der Waals surface area contributed by atoms with Crippen molar-refractivity contribution in [2.24, 2.45) is 5.92 Å². The van der Waals surface area contributed by atoms with Gasteiger partial charge in [0.1, 0.15) is 5.75 Å². The van der Waals surface area contributed by atoms with Crippen molar-refractivity contribution in [1.29, 1.82) is 0 Å². The first-order valence-corrected chi connectivity index (χ1v) is 8.31. The van der Waals surface area contributed by atoms with Crippen LogP contribution >= 0.6 is 11.6 Å². The van der Waals surface area contributed by atoms with Crippen LogP contribution in [0.25, 0.3) is 0 Å². The van der Waals surface area contributed by atoms with Crippen LogP contribution in [0.1, 0.15) is 37.8 Å². The molecule has 118 valence electrons. The first-order valence-electron chi connectivity index (χ1n) is 7.93. The summed E-state index contributed by atoms with van der Waals surface area (Å²) in [7, 11) is 3.70. The Morgan fingerprint density at radius 1 is 1.38 bits per heavy atom. The molecule has 0 saturated carbocycles. The van der Waals surface area contributed by atoms with Gasteiger partial charge in [-0.2, -0.15) is 0 Å². The van der Waals surface area contributed by atoms with Gasteiger partial charge in [0.15, 0.2) is 0 Å². The van der Waals surface area contributed by atoms with E-state index < -0.39 is 0 Å². The number of halogens is 1. The molecule has 0 radical (unpaired) electrons. The van der Waals surface area contributed by atoms with E-state index in [4.69, 9.17) is 16.3 Å². The van der Waals surface area contributed by atoms with Gasteiger partial charge in [-0.15, -0.1) is 0 Å². The number of nitrogens with one attached hydrogen (secondary N) is 1. The van der Waals surface area contributed by atoms with Crippen molar-refractivity contribution in [3.05, 3.63) is 28.8 Å². The summed E-state index contributed by atoms with van der Waals surface area (Å²) >= 11 is 6.35. The van der Waals surface area contributed by atoms with Crippen LogP contribution in [0.4, 0.5) is 0 Å². The minimum Gasteiger partial charge on any atom is -0.495 e. The zero-order valence-corrected chi connectivity index (χ0v) is 14.1. The van der Waals surface area contributed by atoms with Crippen LogP contribution in [0, 0.1) is 5.92 Å². The molecule has 21 heavy (non-hydrogen) atoms. The number of methoxy groups -OCH3 is 1. The van der Waals surface area contributed by atoms with Gasteiger partial charge >= 0.3 is 0 Å². The summed E-state index contributed by atoms with van der Waals surface area (Å²) < 4.78 is 5.28. The lowest BCUT2D eigenvalue weighted by molar-refractivity contribution is 0.162. The Morgan fingerprint density at radius 3 is 2.81 bits per heavy atom. The molecule has 1 fully saturated rings. The molecule has 1 heterocycles. The summed E-state index contributed by atoms with van der Waals surface area (Å²) in [5.41, 5.74) is 1.31. The Labute approximate surface area is 133 Å². The van der Waals surface area contributed by atoms with Gasteiger partial charge in [0.2, 0.25) is 0 Å². The Balaban J connectivity index is 2.34. The summed E-state index contributed by atoms with van der Waals surface area (Å²) in [6, 6.07) is 6.69. The van der Waals surface area contributed by atoms with Crippen molar-refractivity contribution in [2.75, 3.05) is 33.8 Å². The monoisotopic (exact) mass is 310 g/mol. The molecule has 0 spiro atoms. The third kappa shape index (κ3) is 3.91. The van der Waals surface area contributed by atoms with E-state index in [-0.39, 0.29) is 0 Å². The van der Waals surface area contributed by atoms with Crippen LogP contribution < -0.4 is 10.1 Å². The molecule has 0 aliphatic carbocycles. The molecule has 1 aliphatic rings. The van der Waals surface area contributed by atoms with E-state index in [2.05, 4.69) is 29.3 Å². The van der Waals surface area contributed by atoms with E-state index in [1.54, 1.807) is 7.11 Å². The van der Waals surface area contributed by atoms with Gasteiger partial charge in [0.25, 0.3) is 0 Å². The average Bonchev–Trinajstić information content (AvgIpc) is 2.69. The maximum atomic E-state index is 6.35. The lowest BCUT2D eigenvalue weighted by Crippen LogP contribution is -2.36. The van der Waals surface area contributed by atoms with E-state index in [0.29, 0.717) is 17.0 Å². The Morgan fingerprint density at radius 2 is 2.19 bits per heavy atom. The van der Waals surface area contributed by atoms with Gasteiger partial charge in [-0.1, -0.05) is 31.0 Å². The first-order chi connectivity index (χ1) is 10.2. The molecule has 1 saturated heterocycles. The number of rotatable bonds is 5. The lowest BCUT2D eigenvalue weighted by atomic mass is 9.89. The predicted octanol–water partition coefficient (Wildman–Crippen LogP) is 3.73. The maximum absolute atomic E-state index is 6.35. The molecule has 3 nitrogen and oxygen atoms in total. The molecule has 2 rings (SSSR count). The smallest absolute Gasteiger partial charge is 0.137 e. The molecule has 1 aliphatic heterocycles. The van der Waals surface area contributed by atoms with Gasteiger partial charge in [-0.25, -0.2) is 0 Å². The summed E-state index contributed by atoms with van der Waals surface area (Å²) in [4.78, 5) is 2.59. The molecule has 1 aromatic rings. The Kier molecular flexibility index (Phi) is 6.34. The van der Waals surface area contributed by atoms with Gasteiger partial charge in [-0.05, 0) is 63.1 Å². The van der Waals surface area contributed by atoms with Crippen LogP contribution in [0.3, 0.4) is 0 Å². The maximum Gasteiger partial charge on any atom is 0.137 e. The summed E-state index contributed by atoms with van der Waals surface area (Å²) in [6.45, 7) is 5.55. The van der Waals surface area contributed by atoms with Crippen LogP contribution in [0.2, 0.25) is 5.02 Å². The molecule has 2 atom stereocenters. The highest BCUT2D eigenvalue weighted by Gasteiger charge is 2.30. The third-order valence-corrected chi connectivity index (χ3v) is 4.80. The van der Waals surface area contributed by atoms with Crippen molar-refractivity contribution in [3.8, 4) is 5.75 Å². The molecule has 1 aromatic carbocycles. The van der Waals surface area contributed by atoms with E-state index in [1.165, 1.54) is 31.4 Å². The normalized spacial score (nSPS) is 23.8. The number of hydrogen-bond donors (Lipinski definition) is 1. The molecule has 0 bridgehead atoms. The SMILES string of the molecule is CCN1CCCCC(CNC)C1c1ccc(OC)c(Cl)c1. The molecule has 2 unspecified atom stereocenters. The fraction of sp³-hybridized carbons (Fsp3) is 0.647. The second-order valence-corrected chi connectivity index (χ2v) is 6.19. The van der Waals surface area contributed by atoms with Gasteiger partial charge in [0.05, 0.1) is 12.1 Å². The van der Waals surface area contributed by atoms with Crippen LogP contribution in [-0.2, 0) is 0 Å². The van der Waals surface area contributed by atoms with Crippen molar-refractivity contribution in [2.45, 2.75) is 32.2 Å². The fourth-order valence-electron chi connectivity index (χ4n) is 3.50. The predicted molar refractivity (Wildman–Crippen MR) is 89.3 cm³/mol. The number of ether oxygens (including phenoxy) is 1. The Hall–Kier alpha value is -0.770. The average molecular weight is 311 g/mol. The summed E-state index contributed by atoms with van der Waals surface area (Å²) in [5.74, 6) is 1.38. The zero-order valence-electron chi connectivity index (χ0n) is 13.4. The highest BCUT2D eigenvalue weighted by atomic mass is 35.5. The number of nitrogens with zero attached hydrogens (tertiary/aromatic N) is 1. The highest BCUT2D eigenvalue weighted by Crippen LogP contribution is 2.37. The molecule has 1 N–H and O–H groups in total. The third-order valence-electron chi connectivity index (χ3n) is 4.50. The van der Waals surface area contributed by atoms with E-state index in [9.17, 15) is 0 Å². The standard InChI is InChI=1S/C17H27ClN2O/c1-4-20-10-6-5-7-14(12-19-2)17(20)13-8-9-16(21-3)15(18)11-13/h8-9,11,14,17,19H,4-7,10,12H2,1-3H3. The number of likely N-dealkylation sites (tertiary alicyclic amines) is 1. The quantitative estimate of drug-likeness (QED) is 0.897. The Bertz CT molecular complexity index is 452. The molecular formula is C17H27ClN2O. The van der Waals surface area contributed by atoms with Gasteiger partial charge in [-0.3, -0.25) is 4.90 Å². The van der Waals surface area contributed by atoms with Crippen molar-refractivity contribution in [1.82, 2.24) is 10.2 Å². The van der Waals surface area contributed by atoms with Crippen LogP contribution in [0.15, 0.2) is 18.2 Å². The fourth-order valence-corrected chi connectivity index (χ4v) is 3.76. The summed E-state index contributed by atoms with van der Waals surface area (Å²) in [6.07, 6.45) is 3.86. The largest absolute Gasteiger partial charge is 0.495 e. The lowest BCUT2D eigenvalue weighted by Gasteiger charge is -2.35. The van der Waals surface area contributed by atoms with E-state index >= 15 is 0 Å². The highest BCUT2D eigenvalue weighted by molar-refractivity contribution is 6.32. The van der Waals surface area contributed by atoms with Crippen LogP contribution in [-0.4, -0.2) is 38.7 Å². The van der Waals surface area contributed by atoms with Crippen LogP contribution in [0.5, 0.6) is 5.75 Å². The second-order valence-electron chi connectivity index (χ2n) is 5.78. The number of benzene rings is 1. The topological polar surface area (TPSA) is 24.5 Å².